The number of nitrogens with zero attached hydrogens (tertiary/aromatic N) is 1. The van der Waals surface area contributed by atoms with Gasteiger partial charge in [0.2, 0.25) is 0 Å². The maximum Gasteiger partial charge on any atom is 0.410 e. The van der Waals surface area contributed by atoms with Crippen LogP contribution in [0, 0.1) is 0 Å². The molecular formula is C12H23ClN2O2. The molecule has 100 valence electrons. The Morgan fingerprint density at radius 2 is 1.88 bits per heavy atom. The zero-order chi connectivity index (χ0) is 11.8. The van der Waals surface area contributed by atoms with E-state index in [1.807, 2.05) is 25.7 Å². The molecule has 1 saturated heterocycles. The van der Waals surface area contributed by atoms with Crippen LogP contribution in [0.4, 0.5) is 4.79 Å². The first-order chi connectivity index (χ1) is 7.40. The number of carbonyl (C=O) groups excluding carboxylic acids is 1. The van der Waals surface area contributed by atoms with Crippen LogP contribution < -0.4 is 5.32 Å². The lowest BCUT2D eigenvalue weighted by Crippen LogP contribution is -2.38. The first-order valence-corrected chi connectivity index (χ1v) is 6.13. The Balaban J connectivity index is 0.00000144. The number of amides is 1. The maximum absolute atomic E-state index is 11.9. The van der Waals surface area contributed by atoms with E-state index in [0.717, 1.165) is 26.1 Å². The van der Waals surface area contributed by atoms with Gasteiger partial charge in [-0.3, -0.25) is 0 Å². The molecule has 2 aliphatic rings. The molecule has 0 atom stereocenters. The molecule has 0 aromatic rings. The molecule has 0 aromatic carbocycles. The summed E-state index contributed by atoms with van der Waals surface area (Å²) < 4.78 is 5.38. The lowest BCUT2D eigenvalue weighted by atomic mass is 10.2. The Kier molecular flexibility index (Phi) is 4.31. The van der Waals surface area contributed by atoms with Crippen LogP contribution in [0.5, 0.6) is 0 Å². The molecule has 1 amide bonds. The van der Waals surface area contributed by atoms with Crippen molar-refractivity contribution in [1.82, 2.24) is 10.2 Å². The maximum atomic E-state index is 11.9. The van der Waals surface area contributed by atoms with Gasteiger partial charge >= 0.3 is 6.09 Å². The van der Waals surface area contributed by atoms with Crippen LogP contribution in [-0.4, -0.2) is 41.8 Å². The summed E-state index contributed by atoms with van der Waals surface area (Å²) in [7, 11) is 0. The smallest absolute Gasteiger partial charge is 0.410 e. The van der Waals surface area contributed by atoms with Crippen LogP contribution in [0.25, 0.3) is 0 Å². The third-order valence-corrected chi connectivity index (χ3v) is 3.25. The number of nitrogens with one attached hydrogen (secondary N) is 1. The van der Waals surface area contributed by atoms with Crippen molar-refractivity contribution in [2.24, 2.45) is 0 Å². The number of halogens is 1. The van der Waals surface area contributed by atoms with Crippen molar-refractivity contribution in [2.75, 3.05) is 19.6 Å². The molecule has 1 aliphatic carbocycles. The van der Waals surface area contributed by atoms with Gasteiger partial charge in [0.25, 0.3) is 0 Å². The fourth-order valence-corrected chi connectivity index (χ4v) is 2.09. The van der Waals surface area contributed by atoms with Gasteiger partial charge in [-0.05, 0) is 40.0 Å². The van der Waals surface area contributed by atoms with E-state index in [4.69, 9.17) is 4.74 Å². The Morgan fingerprint density at radius 1 is 1.24 bits per heavy atom. The van der Waals surface area contributed by atoms with Gasteiger partial charge in [0, 0.05) is 25.2 Å². The highest BCUT2D eigenvalue weighted by molar-refractivity contribution is 5.85. The highest BCUT2D eigenvalue weighted by Crippen LogP contribution is 2.39. The van der Waals surface area contributed by atoms with E-state index in [9.17, 15) is 4.79 Å². The molecule has 0 aromatic heterocycles. The van der Waals surface area contributed by atoms with E-state index in [2.05, 4.69) is 5.32 Å². The molecule has 5 heteroatoms. The molecule has 2 fully saturated rings. The minimum atomic E-state index is -0.395. The summed E-state index contributed by atoms with van der Waals surface area (Å²) in [6.45, 7) is 8.19. The Bertz CT molecular complexity index is 285. The first-order valence-electron chi connectivity index (χ1n) is 6.13. The highest BCUT2D eigenvalue weighted by Gasteiger charge is 2.43. The van der Waals surface area contributed by atoms with E-state index in [0.29, 0.717) is 5.54 Å². The van der Waals surface area contributed by atoms with Crippen LogP contribution in [0.1, 0.15) is 40.0 Å². The van der Waals surface area contributed by atoms with Gasteiger partial charge in [-0.25, -0.2) is 4.79 Å². The van der Waals surface area contributed by atoms with Crippen LogP contribution in [0.3, 0.4) is 0 Å². The molecule has 4 nitrogen and oxygen atoms in total. The van der Waals surface area contributed by atoms with Gasteiger partial charge in [-0.2, -0.15) is 0 Å². The quantitative estimate of drug-likeness (QED) is 0.728. The predicted octanol–water partition coefficient (Wildman–Crippen LogP) is 2.17. The van der Waals surface area contributed by atoms with E-state index < -0.39 is 5.60 Å². The van der Waals surface area contributed by atoms with Gasteiger partial charge in [-0.1, -0.05) is 0 Å². The monoisotopic (exact) mass is 262 g/mol. The highest BCUT2D eigenvalue weighted by atomic mass is 35.5. The minimum absolute atomic E-state index is 0. The zero-order valence-electron chi connectivity index (χ0n) is 10.9. The van der Waals surface area contributed by atoms with Gasteiger partial charge < -0.3 is 15.0 Å². The summed E-state index contributed by atoms with van der Waals surface area (Å²) in [5, 5.41) is 3.53. The third kappa shape index (κ3) is 4.03. The van der Waals surface area contributed by atoms with Gasteiger partial charge in [0.1, 0.15) is 5.60 Å². The van der Waals surface area contributed by atoms with Crippen molar-refractivity contribution in [2.45, 2.75) is 51.2 Å². The number of hydrogen-bond acceptors (Lipinski definition) is 3. The summed E-state index contributed by atoms with van der Waals surface area (Å²) in [6, 6.07) is 0. The average Bonchev–Trinajstić information content (AvgIpc) is 2.92. The zero-order valence-corrected chi connectivity index (χ0v) is 11.7. The van der Waals surface area contributed by atoms with Gasteiger partial charge in [0.05, 0.1) is 0 Å². The molecular weight excluding hydrogens is 240 g/mol. The fourth-order valence-electron chi connectivity index (χ4n) is 2.09. The SMILES string of the molecule is CC(C)(C)OC(=O)N1CCNC2(CC1)CC2.Cl. The Hall–Kier alpha value is -0.480. The van der Waals surface area contributed by atoms with E-state index >= 15 is 0 Å². The normalized spacial score (nSPS) is 22.6. The summed E-state index contributed by atoms with van der Waals surface area (Å²) in [5.74, 6) is 0. The standard InChI is InChI=1S/C12H22N2O2.ClH/c1-11(2,3)16-10(15)14-8-6-12(4-5-12)13-7-9-14;/h13H,4-9H2,1-3H3;1H. The molecule has 17 heavy (non-hydrogen) atoms. The largest absolute Gasteiger partial charge is 0.444 e. The molecule has 0 bridgehead atoms. The molecule has 1 heterocycles. The van der Waals surface area contributed by atoms with Crippen molar-refractivity contribution in [1.29, 1.82) is 0 Å². The number of ether oxygens (including phenoxy) is 1. The summed E-state index contributed by atoms with van der Waals surface area (Å²) in [5.41, 5.74) is -0.0369. The average molecular weight is 263 g/mol. The van der Waals surface area contributed by atoms with Crippen molar-refractivity contribution >= 4 is 18.5 Å². The number of carbonyl (C=O) groups is 1. The van der Waals surface area contributed by atoms with Crippen LogP contribution in [-0.2, 0) is 4.74 Å². The second-order valence-electron chi connectivity index (χ2n) is 5.92. The molecule has 1 N–H and O–H groups in total. The number of hydrogen-bond donors (Lipinski definition) is 1. The number of rotatable bonds is 0. The lowest BCUT2D eigenvalue weighted by molar-refractivity contribution is 0.0261. The summed E-state index contributed by atoms with van der Waals surface area (Å²) >= 11 is 0. The molecule has 1 aliphatic heterocycles. The molecule has 2 rings (SSSR count). The third-order valence-electron chi connectivity index (χ3n) is 3.25. The predicted molar refractivity (Wildman–Crippen MR) is 69.6 cm³/mol. The van der Waals surface area contributed by atoms with Crippen LogP contribution in [0.2, 0.25) is 0 Å². The van der Waals surface area contributed by atoms with E-state index in [1.54, 1.807) is 0 Å². The molecule has 1 saturated carbocycles. The second-order valence-corrected chi connectivity index (χ2v) is 5.92. The molecule has 1 spiro atoms. The Labute approximate surface area is 109 Å². The Morgan fingerprint density at radius 3 is 2.41 bits per heavy atom. The van der Waals surface area contributed by atoms with Crippen molar-refractivity contribution in [3.05, 3.63) is 0 Å². The summed E-state index contributed by atoms with van der Waals surface area (Å²) in [6.07, 6.45) is 3.41. The summed E-state index contributed by atoms with van der Waals surface area (Å²) in [4.78, 5) is 13.7. The van der Waals surface area contributed by atoms with E-state index in [-0.39, 0.29) is 18.5 Å². The fraction of sp³-hybridized carbons (Fsp3) is 0.917. The lowest BCUT2D eigenvalue weighted by Gasteiger charge is -2.26. The topological polar surface area (TPSA) is 41.6 Å². The molecule has 0 unspecified atom stereocenters. The minimum Gasteiger partial charge on any atom is -0.444 e. The first kappa shape index (κ1) is 14.6. The van der Waals surface area contributed by atoms with E-state index in [1.165, 1.54) is 12.8 Å². The van der Waals surface area contributed by atoms with Crippen LogP contribution >= 0.6 is 12.4 Å². The second kappa shape index (κ2) is 5.02. The van der Waals surface area contributed by atoms with Crippen molar-refractivity contribution in [3.63, 3.8) is 0 Å². The van der Waals surface area contributed by atoms with Crippen LogP contribution in [0.15, 0.2) is 0 Å². The van der Waals surface area contributed by atoms with Crippen molar-refractivity contribution in [3.8, 4) is 0 Å². The molecule has 0 radical (unpaired) electrons. The van der Waals surface area contributed by atoms with Gasteiger partial charge in [-0.15, -0.1) is 12.4 Å². The van der Waals surface area contributed by atoms with Crippen molar-refractivity contribution < 1.29 is 9.53 Å². The van der Waals surface area contributed by atoms with Gasteiger partial charge in [0.15, 0.2) is 0 Å².